The van der Waals surface area contributed by atoms with Gasteiger partial charge in [-0.3, -0.25) is 9.36 Å². The first-order chi connectivity index (χ1) is 15.6. The van der Waals surface area contributed by atoms with Crippen LogP contribution in [-0.4, -0.2) is 27.0 Å². The van der Waals surface area contributed by atoms with Gasteiger partial charge in [-0.25, -0.2) is 9.97 Å². The number of aryl methyl sites for hydroxylation is 1. The Morgan fingerprint density at radius 3 is 2.66 bits per heavy atom. The van der Waals surface area contributed by atoms with E-state index in [4.69, 9.17) is 15.7 Å². The Kier molecular flexibility index (Phi) is 5.35. The first-order valence-electron chi connectivity index (χ1n) is 11.2. The lowest BCUT2D eigenvalue weighted by Crippen LogP contribution is -2.26. The van der Waals surface area contributed by atoms with Gasteiger partial charge in [-0.2, -0.15) is 0 Å². The van der Waals surface area contributed by atoms with Crippen LogP contribution in [0.3, 0.4) is 0 Å². The molecule has 3 N–H and O–H groups in total. The lowest BCUT2D eigenvalue weighted by molar-refractivity contribution is 0.0956. The number of nitrogens with two attached hydrogens (primary N) is 1. The predicted octanol–water partition coefficient (Wildman–Crippen LogP) is 5.08. The highest BCUT2D eigenvalue weighted by Gasteiger charge is 2.24. The van der Waals surface area contributed by atoms with Gasteiger partial charge >= 0.3 is 0 Å². The van der Waals surface area contributed by atoms with Gasteiger partial charge in [-0.1, -0.05) is 35.9 Å². The number of nitrogen functional groups attached to an aromatic ring is 1. The summed E-state index contributed by atoms with van der Waals surface area (Å²) in [7, 11) is 0. The molecule has 162 valence electrons. The summed E-state index contributed by atoms with van der Waals surface area (Å²) < 4.78 is 1.83. The van der Waals surface area contributed by atoms with Crippen LogP contribution < -0.4 is 11.1 Å². The maximum atomic E-state index is 13.3. The van der Waals surface area contributed by atoms with E-state index in [0.29, 0.717) is 29.1 Å². The van der Waals surface area contributed by atoms with Gasteiger partial charge in [0, 0.05) is 12.2 Å². The normalized spacial score (nSPS) is 14.0. The van der Waals surface area contributed by atoms with Crippen LogP contribution in [0.5, 0.6) is 0 Å². The molecule has 2 aromatic heterocycles. The van der Waals surface area contributed by atoms with E-state index in [2.05, 4.69) is 11.4 Å². The third-order valence-corrected chi connectivity index (χ3v) is 6.10. The average molecular weight is 426 g/mol. The summed E-state index contributed by atoms with van der Waals surface area (Å²) in [6.45, 7) is 2.61. The Hall–Kier alpha value is -3.67. The number of anilines is 1. The molecule has 0 spiro atoms. The quantitative estimate of drug-likeness (QED) is 0.436. The van der Waals surface area contributed by atoms with Crippen LogP contribution in [0.4, 0.5) is 5.82 Å². The smallest absolute Gasteiger partial charge is 0.257 e. The molecule has 32 heavy (non-hydrogen) atoms. The van der Waals surface area contributed by atoms with Crippen molar-refractivity contribution < 1.29 is 4.79 Å². The minimum absolute atomic E-state index is 0.208. The number of para-hydroxylation sites is 2. The van der Waals surface area contributed by atoms with E-state index in [1.807, 2.05) is 60.0 Å². The number of benzene rings is 2. The third-order valence-electron chi connectivity index (χ3n) is 6.10. The number of allylic oxidation sites excluding steroid dienone is 1. The zero-order valence-corrected chi connectivity index (χ0v) is 18.3. The van der Waals surface area contributed by atoms with Crippen LogP contribution in [0.25, 0.3) is 27.9 Å². The van der Waals surface area contributed by atoms with Crippen molar-refractivity contribution in [3.05, 3.63) is 71.3 Å². The molecule has 1 aliphatic rings. The van der Waals surface area contributed by atoms with E-state index in [1.165, 1.54) is 18.4 Å². The standard InChI is InChI=1S/C26H27N5O/c1-17-8-7-11-19(16-17)31-24(27)22(26(32)28-15-14-18-9-3-2-4-10-18)23-25(31)30-21-13-6-5-12-20(21)29-23/h5-9,11-13,16H,2-4,10,14-15,27H2,1H3,(H,28,32). The van der Waals surface area contributed by atoms with Gasteiger partial charge in [-0.15, -0.1) is 0 Å². The number of amides is 1. The summed E-state index contributed by atoms with van der Waals surface area (Å²) in [5.74, 6) is 0.148. The zero-order chi connectivity index (χ0) is 22.1. The molecule has 0 saturated carbocycles. The maximum absolute atomic E-state index is 13.3. The number of fused-ring (bicyclic) bond motifs is 2. The Bertz CT molecular complexity index is 1350. The summed E-state index contributed by atoms with van der Waals surface area (Å²) in [6, 6.07) is 15.7. The first kappa shape index (κ1) is 20.2. The minimum Gasteiger partial charge on any atom is -0.384 e. The van der Waals surface area contributed by atoms with E-state index in [1.54, 1.807) is 0 Å². The van der Waals surface area contributed by atoms with Crippen molar-refractivity contribution >= 4 is 33.9 Å². The Morgan fingerprint density at radius 2 is 1.91 bits per heavy atom. The molecule has 0 saturated heterocycles. The van der Waals surface area contributed by atoms with Gasteiger partial charge < -0.3 is 11.1 Å². The largest absolute Gasteiger partial charge is 0.384 e. The summed E-state index contributed by atoms with van der Waals surface area (Å²) in [5.41, 5.74) is 13.0. The fourth-order valence-corrected chi connectivity index (χ4v) is 4.47. The number of rotatable bonds is 5. The van der Waals surface area contributed by atoms with E-state index >= 15 is 0 Å². The molecule has 0 atom stereocenters. The number of aromatic nitrogens is 3. The van der Waals surface area contributed by atoms with E-state index in [-0.39, 0.29) is 5.91 Å². The van der Waals surface area contributed by atoms with Gasteiger partial charge in [0.1, 0.15) is 16.9 Å². The average Bonchev–Trinajstić information content (AvgIpc) is 3.08. The molecule has 0 aliphatic heterocycles. The predicted molar refractivity (Wildman–Crippen MR) is 129 cm³/mol. The third kappa shape index (κ3) is 3.73. The van der Waals surface area contributed by atoms with Crippen LogP contribution in [0, 0.1) is 6.92 Å². The molecule has 0 bridgehead atoms. The molecular weight excluding hydrogens is 398 g/mol. The first-order valence-corrected chi connectivity index (χ1v) is 11.2. The van der Waals surface area contributed by atoms with Crippen LogP contribution in [-0.2, 0) is 0 Å². The summed E-state index contributed by atoms with van der Waals surface area (Å²) in [4.78, 5) is 22.9. The van der Waals surface area contributed by atoms with Crippen LogP contribution in [0.2, 0.25) is 0 Å². The Morgan fingerprint density at radius 1 is 1.09 bits per heavy atom. The summed E-state index contributed by atoms with van der Waals surface area (Å²) in [6.07, 6.45) is 7.95. The van der Waals surface area contributed by atoms with Crippen molar-refractivity contribution in [1.82, 2.24) is 19.9 Å². The van der Waals surface area contributed by atoms with Crippen molar-refractivity contribution in [3.63, 3.8) is 0 Å². The maximum Gasteiger partial charge on any atom is 0.257 e. The van der Waals surface area contributed by atoms with Crippen LogP contribution >= 0.6 is 0 Å². The van der Waals surface area contributed by atoms with Crippen molar-refractivity contribution in [2.45, 2.75) is 39.0 Å². The van der Waals surface area contributed by atoms with Crippen LogP contribution in [0.15, 0.2) is 60.2 Å². The summed E-state index contributed by atoms with van der Waals surface area (Å²) >= 11 is 0. The monoisotopic (exact) mass is 425 g/mol. The molecule has 6 nitrogen and oxygen atoms in total. The van der Waals surface area contributed by atoms with Gasteiger partial charge in [0.05, 0.1) is 11.0 Å². The molecule has 1 aliphatic carbocycles. The van der Waals surface area contributed by atoms with Crippen molar-refractivity contribution in [2.75, 3.05) is 12.3 Å². The SMILES string of the molecule is Cc1cccc(-n2c(N)c(C(=O)NCCC3=CCCCC3)c3nc4ccccc4nc32)c1. The number of nitrogens with one attached hydrogen (secondary N) is 1. The molecule has 4 aromatic rings. The lowest BCUT2D eigenvalue weighted by Gasteiger charge is -2.13. The molecule has 2 aromatic carbocycles. The number of hydrogen-bond acceptors (Lipinski definition) is 4. The fourth-order valence-electron chi connectivity index (χ4n) is 4.47. The van der Waals surface area contributed by atoms with Crippen molar-refractivity contribution in [1.29, 1.82) is 0 Å². The summed E-state index contributed by atoms with van der Waals surface area (Å²) in [5, 5.41) is 3.06. The Labute approximate surface area is 187 Å². The number of hydrogen-bond donors (Lipinski definition) is 2. The molecular formula is C26H27N5O. The molecule has 6 heteroatoms. The molecule has 5 rings (SSSR count). The van der Waals surface area contributed by atoms with Gasteiger partial charge in [0.2, 0.25) is 0 Å². The van der Waals surface area contributed by atoms with Gasteiger partial charge in [0.25, 0.3) is 5.91 Å². The van der Waals surface area contributed by atoms with E-state index in [9.17, 15) is 4.79 Å². The highest BCUT2D eigenvalue weighted by Crippen LogP contribution is 2.31. The molecule has 1 amide bonds. The van der Waals surface area contributed by atoms with E-state index in [0.717, 1.165) is 41.5 Å². The van der Waals surface area contributed by atoms with Crippen molar-refractivity contribution in [2.24, 2.45) is 0 Å². The minimum atomic E-state index is -0.208. The number of nitrogens with zero attached hydrogens (tertiary/aromatic N) is 3. The lowest BCUT2D eigenvalue weighted by atomic mass is 9.97. The highest BCUT2D eigenvalue weighted by molar-refractivity contribution is 6.11. The van der Waals surface area contributed by atoms with Gasteiger partial charge in [0.15, 0.2) is 5.65 Å². The molecule has 2 heterocycles. The number of carbonyl (C=O) groups excluding carboxylic acids is 1. The Balaban J connectivity index is 1.58. The topological polar surface area (TPSA) is 85.8 Å². The highest BCUT2D eigenvalue weighted by atomic mass is 16.1. The van der Waals surface area contributed by atoms with Crippen LogP contribution in [0.1, 0.15) is 48.0 Å². The molecule has 0 radical (unpaired) electrons. The van der Waals surface area contributed by atoms with Gasteiger partial charge in [-0.05, 0) is 68.9 Å². The molecule has 0 fully saturated rings. The second kappa shape index (κ2) is 8.46. The zero-order valence-electron chi connectivity index (χ0n) is 18.3. The number of carbonyl (C=O) groups is 1. The van der Waals surface area contributed by atoms with E-state index < -0.39 is 0 Å². The second-order valence-electron chi connectivity index (χ2n) is 8.43. The van der Waals surface area contributed by atoms with Crippen molar-refractivity contribution in [3.8, 4) is 5.69 Å². The second-order valence-corrected chi connectivity index (χ2v) is 8.43. The molecule has 0 unspecified atom stereocenters. The fraction of sp³-hybridized carbons (Fsp3) is 0.269.